The molecular weight excluding hydrogens is 717 g/mol. The fraction of sp³-hybridized carbons (Fsp3) is 0.605. The standard InChI is InChI=1S/C38H52N6O9S/c1-22(2)52-31-19-30(26-14-15-29(45)23(3)32(26)40-31)53-25-18-28-33(46)41-38(35(48)42-54(50,51)37(4)16-17-37)20-24(38)12-10-8-7-9-11-13-27(34(47)44(28)21-25)39-36(49)43(5)6/h10,12,14-15,19,22,24-25,27-28,45H,7-9,11,13,16-18,20-21H2,1-6H3,(H,39,49)(H,41,46)(H,42,48). The summed E-state index contributed by atoms with van der Waals surface area (Å²) in [4.78, 5) is 63.0. The van der Waals surface area contributed by atoms with E-state index < -0.39 is 68.2 Å². The van der Waals surface area contributed by atoms with Crippen molar-refractivity contribution >= 4 is 44.7 Å². The molecule has 3 heterocycles. The number of pyridine rings is 1. The number of carbonyl (C=O) groups is 4. The number of hydrogen-bond acceptors (Lipinski definition) is 10. The van der Waals surface area contributed by atoms with Crippen LogP contribution in [0.25, 0.3) is 10.9 Å². The van der Waals surface area contributed by atoms with Crippen LogP contribution in [0.2, 0.25) is 0 Å². The zero-order chi connectivity index (χ0) is 39.2. The number of aryl methyl sites for hydroxylation is 1. The number of aromatic nitrogens is 1. The third kappa shape index (κ3) is 7.94. The maximum absolute atomic E-state index is 14.5. The monoisotopic (exact) mass is 768 g/mol. The number of amides is 5. The number of benzene rings is 1. The van der Waals surface area contributed by atoms with E-state index in [0.717, 1.165) is 12.8 Å². The van der Waals surface area contributed by atoms with Gasteiger partial charge in [0.05, 0.1) is 22.9 Å². The van der Waals surface area contributed by atoms with E-state index >= 15 is 0 Å². The van der Waals surface area contributed by atoms with Crippen LogP contribution in [0.15, 0.2) is 30.4 Å². The average Bonchev–Trinajstić information content (AvgIpc) is 3.98. The van der Waals surface area contributed by atoms with Gasteiger partial charge in [0, 0.05) is 43.5 Å². The highest BCUT2D eigenvalue weighted by atomic mass is 32.2. The number of allylic oxidation sites excluding steroid dienone is 1. The van der Waals surface area contributed by atoms with E-state index in [1.54, 1.807) is 40.1 Å². The number of carbonyl (C=O) groups excluding carboxylic acids is 4. The van der Waals surface area contributed by atoms with Gasteiger partial charge in [0.1, 0.15) is 35.2 Å². The molecule has 5 amide bonds. The van der Waals surface area contributed by atoms with E-state index in [1.165, 1.54) is 15.9 Å². The lowest BCUT2D eigenvalue weighted by molar-refractivity contribution is -0.141. The number of nitrogens with one attached hydrogen (secondary N) is 3. The van der Waals surface area contributed by atoms with Crippen LogP contribution < -0.4 is 24.8 Å². The fourth-order valence-corrected chi connectivity index (χ4v) is 8.48. The van der Waals surface area contributed by atoms with Crippen LogP contribution in [-0.4, -0.2) is 107 Å². The molecule has 5 atom stereocenters. The molecule has 2 saturated carbocycles. The Labute approximate surface area is 316 Å². The van der Waals surface area contributed by atoms with Crippen LogP contribution in [0.1, 0.15) is 84.1 Å². The Bertz CT molecular complexity index is 1960. The molecule has 54 heavy (non-hydrogen) atoms. The number of phenols is 1. The molecule has 16 heteroatoms. The number of aromatic hydroxyl groups is 1. The summed E-state index contributed by atoms with van der Waals surface area (Å²) >= 11 is 0. The van der Waals surface area contributed by atoms with E-state index in [9.17, 15) is 32.7 Å². The normalized spacial score (nSPS) is 26.8. The molecule has 5 unspecified atom stereocenters. The molecule has 294 valence electrons. The Kier molecular flexibility index (Phi) is 10.8. The first-order chi connectivity index (χ1) is 25.4. The smallest absolute Gasteiger partial charge is 0.317 e. The largest absolute Gasteiger partial charge is 0.508 e. The van der Waals surface area contributed by atoms with Gasteiger partial charge in [-0.25, -0.2) is 18.2 Å². The van der Waals surface area contributed by atoms with Crippen molar-refractivity contribution in [3.63, 3.8) is 0 Å². The van der Waals surface area contributed by atoms with Gasteiger partial charge in [-0.15, -0.1) is 0 Å². The van der Waals surface area contributed by atoms with Gasteiger partial charge in [-0.05, 0) is 78.4 Å². The van der Waals surface area contributed by atoms with Crippen LogP contribution >= 0.6 is 0 Å². The summed E-state index contributed by atoms with van der Waals surface area (Å²) in [5.74, 6) is -1.66. The highest BCUT2D eigenvalue weighted by molar-refractivity contribution is 7.91. The SMILES string of the molecule is Cc1c(O)ccc2c(OC3CC4C(=O)NC5(C(=O)NS(=O)(=O)C6(C)CC6)CC5C=CCCCCCC(NC(=O)N(C)C)C(=O)N4C3)cc(OC(C)C)nc12. The minimum absolute atomic E-state index is 0.0260. The second kappa shape index (κ2) is 14.9. The molecule has 4 N–H and O–H groups in total. The predicted molar refractivity (Wildman–Crippen MR) is 200 cm³/mol. The zero-order valence-corrected chi connectivity index (χ0v) is 32.6. The van der Waals surface area contributed by atoms with Crippen molar-refractivity contribution in [2.75, 3.05) is 20.6 Å². The molecule has 0 bridgehead atoms. The molecule has 2 aliphatic carbocycles. The lowest BCUT2D eigenvalue weighted by atomic mass is 10.0. The number of phenolic OH excluding ortho intramolecular Hbond substituents is 1. The van der Waals surface area contributed by atoms with Gasteiger partial charge < -0.3 is 35.0 Å². The number of fused-ring (bicyclic) bond motifs is 3. The van der Waals surface area contributed by atoms with Gasteiger partial charge in [0.2, 0.25) is 27.7 Å². The first-order valence-corrected chi connectivity index (χ1v) is 20.2. The first kappa shape index (κ1) is 39.1. The van der Waals surface area contributed by atoms with Crippen molar-refractivity contribution in [3.8, 4) is 17.4 Å². The van der Waals surface area contributed by atoms with Crippen molar-refractivity contribution in [2.45, 2.75) is 120 Å². The molecule has 15 nitrogen and oxygen atoms in total. The molecule has 0 spiro atoms. The van der Waals surface area contributed by atoms with E-state index in [1.807, 2.05) is 26.0 Å². The third-order valence-corrected chi connectivity index (χ3v) is 13.1. The number of sulfonamides is 1. The summed E-state index contributed by atoms with van der Waals surface area (Å²) in [6.45, 7) is 7.00. The fourth-order valence-electron chi connectivity index (χ4n) is 7.17. The average molecular weight is 769 g/mol. The summed E-state index contributed by atoms with van der Waals surface area (Å²) in [5, 5.41) is 16.8. The van der Waals surface area contributed by atoms with Gasteiger partial charge in [-0.3, -0.25) is 19.1 Å². The van der Waals surface area contributed by atoms with Gasteiger partial charge in [-0.2, -0.15) is 0 Å². The Hall–Kier alpha value is -4.60. The molecule has 0 radical (unpaired) electrons. The molecule has 2 aliphatic heterocycles. The van der Waals surface area contributed by atoms with Crippen LogP contribution in [-0.2, 0) is 24.4 Å². The summed E-state index contributed by atoms with van der Waals surface area (Å²) in [5.41, 5.74) is -0.539. The second-order valence-corrected chi connectivity index (χ2v) is 18.0. The van der Waals surface area contributed by atoms with Crippen molar-refractivity contribution in [1.82, 2.24) is 30.1 Å². The maximum Gasteiger partial charge on any atom is 0.317 e. The lowest BCUT2D eigenvalue weighted by Gasteiger charge is -2.30. The number of nitrogens with zero attached hydrogens (tertiary/aromatic N) is 3. The van der Waals surface area contributed by atoms with Crippen LogP contribution in [0.3, 0.4) is 0 Å². The van der Waals surface area contributed by atoms with Gasteiger partial charge >= 0.3 is 6.03 Å². The molecular formula is C38H52N6O9S. The number of ether oxygens (including phenoxy) is 2. The molecule has 6 rings (SSSR count). The maximum atomic E-state index is 14.5. The second-order valence-electron chi connectivity index (χ2n) is 15.8. The molecule has 1 aromatic heterocycles. The number of urea groups is 1. The van der Waals surface area contributed by atoms with Crippen LogP contribution in [0.4, 0.5) is 4.79 Å². The summed E-state index contributed by atoms with van der Waals surface area (Å²) in [6.07, 6.45) is 7.22. The molecule has 4 aliphatic rings. The number of rotatable bonds is 8. The Morgan fingerprint density at radius 1 is 1.15 bits per heavy atom. The summed E-state index contributed by atoms with van der Waals surface area (Å²) < 4.78 is 40.0. The molecule has 1 aromatic carbocycles. The highest BCUT2D eigenvalue weighted by Crippen LogP contribution is 2.47. The van der Waals surface area contributed by atoms with Crippen LogP contribution in [0, 0.1) is 12.8 Å². The Morgan fingerprint density at radius 2 is 1.89 bits per heavy atom. The molecule has 2 aromatic rings. The molecule has 3 fully saturated rings. The minimum atomic E-state index is -4.00. The predicted octanol–water partition coefficient (Wildman–Crippen LogP) is 3.42. The van der Waals surface area contributed by atoms with Crippen LogP contribution in [0.5, 0.6) is 17.4 Å². The van der Waals surface area contributed by atoms with E-state index in [-0.39, 0.29) is 37.1 Å². The van der Waals surface area contributed by atoms with Crippen molar-refractivity contribution in [3.05, 3.63) is 35.9 Å². The van der Waals surface area contributed by atoms with Crippen molar-refractivity contribution in [1.29, 1.82) is 0 Å². The Morgan fingerprint density at radius 3 is 2.57 bits per heavy atom. The summed E-state index contributed by atoms with van der Waals surface area (Å²) in [7, 11) is -0.843. The zero-order valence-electron chi connectivity index (χ0n) is 31.8. The lowest BCUT2D eigenvalue weighted by Crippen LogP contribution is -2.59. The van der Waals surface area contributed by atoms with Gasteiger partial charge in [-0.1, -0.05) is 25.0 Å². The van der Waals surface area contributed by atoms with Gasteiger partial charge in [0.15, 0.2) is 0 Å². The number of hydrogen-bond donors (Lipinski definition) is 4. The minimum Gasteiger partial charge on any atom is -0.508 e. The van der Waals surface area contributed by atoms with E-state index in [4.69, 9.17) is 9.47 Å². The molecule has 1 saturated heterocycles. The van der Waals surface area contributed by atoms with Crippen molar-refractivity contribution < 1.29 is 42.2 Å². The highest BCUT2D eigenvalue weighted by Gasteiger charge is 2.63. The topological polar surface area (TPSA) is 197 Å². The summed E-state index contributed by atoms with van der Waals surface area (Å²) in [6, 6.07) is 2.34. The third-order valence-electron chi connectivity index (χ3n) is 11.0. The van der Waals surface area contributed by atoms with Crippen molar-refractivity contribution in [2.24, 2.45) is 5.92 Å². The quantitative estimate of drug-likeness (QED) is 0.289. The first-order valence-electron chi connectivity index (χ1n) is 18.7. The van der Waals surface area contributed by atoms with Gasteiger partial charge in [0.25, 0.3) is 5.91 Å². The van der Waals surface area contributed by atoms with E-state index in [2.05, 4.69) is 20.3 Å². The van der Waals surface area contributed by atoms with E-state index in [0.29, 0.717) is 54.3 Å². The Balaban J connectivity index is 1.35.